The number of ether oxygens (including phenoxy) is 1. The maximum Gasteiger partial charge on any atom is 0.122 e. The number of benzene rings is 1. The van der Waals surface area contributed by atoms with Crippen molar-refractivity contribution in [1.29, 1.82) is 0 Å². The molecule has 0 amide bonds. The highest BCUT2D eigenvalue weighted by Gasteiger charge is 2.11. The quantitative estimate of drug-likeness (QED) is 0.868. The van der Waals surface area contributed by atoms with Gasteiger partial charge in [0, 0.05) is 0 Å². The number of hydrogen-bond acceptors (Lipinski definition) is 2. The minimum absolute atomic E-state index is 0.785. The van der Waals surface area contributed by atoms with Crippen molar-refractivity contribution in [2.24, 2.45) is 0 Å². The Kier molecular flexibility index (Phi) is 3.99. The van der Waals surface area contributed by atoms with Gasteiger partial charge in [0.2, 0.25) is 0 Å². The molecule has 0 radical (unpaired) electrons. The predicted octanol–water partition coefficient (Wildman–Crippen LogP) is 3.40. The van der Waals surface area contributed by atoms with E-state index in [9.17, 15) is 5.11 Å². The first-order chi connectivity index (χ1) is 7.76. The number of hydrogen-bond donors (Lipinski definition) is 1. The number of methoxy groups -OCH3 is 1. The average molecular weight is 234 g/mol. The molecule has 0 aliphatic carbocycles. The van der Waals surface area contributed by atoms with Gasteiger partial charge in [0.25, 0.3) is 0 Å². The first kappa shape index (κ1) is 13.8. The van der Waals surface area contributed by atoms with Crippen molar-refractivity contribution in [3.8, 4) is 5.75 Å². The minimum atomic E-state index is -0.785. The van der Waals surface area contributed by atoms with Gasteiger partial charge in [-0.2, -0.15) is 0 Å². The lowest BCUT2D eigenvalue weighted by molar-refractivity contribution is 0.134. The van der Waals surface area contributed by atoms with Crippen molar-refractivity contribution in [3.05, 3.63) is 34.4 Å². The molecule has 0 unspecified atom stereocenters. The van der Waals surface area contributed by atoms with E-state index in [1.165, 1.54) is 5.56 Å². The van der Waals surface area contributed by atoms with Gasteiger partial charge in [0.05, 0.1) is 12.7 Å². The van der Waals surface area contributed by atoms with Crippen LogP contribution in [0.1, 0.15) is 36.1 Å². The van der Waals surface area contributed by atoms with Crippen molar-refractivity contribution in [2.45, 2.75) is 40.2 Å². The van der Waals surface area contributed by atoms with Gasteiger partial charge in [-0.05, 0) is 62.9 Å². The van der Waals surface area contributed by atoms with Gasteiger partial charge in [-0.25, -0.2) is 0 Å². The number of aryl methyl sites for hydroxylation is 1. The summed E-state index contributed by atoms with van der Waals surface area (Å²) in [6, 6.07) is 2.03. The molecule has 0 aromatic heterocycles. The molecule has 0 heterocycles. The molecule has 0 saturated heterocycles. The molecule has 17 heavy (non-hydrogen) atoms. The van der Waals surface area contributed by atoms with Crippen LogP contribution in [0.4, 0.5) is 0 Å². The van der Waals surface area contributed by atoms with Crippen LogP contribution in [0.3, 0.4) is 0 Å². The normalized spacial score (nSPS) is 12.2. The first-order valence-electron chi connectivity index (χ1n) is 5.82. The monoisotopic (exact) mass is 234 g/mol. The Morgan fingerprint density at radius 1 is 1.18 bits per heavy atom. The fourth-order valence-corrected chi connectivity index (χ4v) is 1.82. The fraction of sp³-hybridized carbons (Fsp3) is 0.467. The maximum atomic E-state index is 9.72. The molecule has 2 nitrogen and oxygen atoms in total. The van der Waals surface area contributed by atoms with Crippen LogP contribution in [0.5, 0.6) is 5.75 Å². The van der Waals surface area contributed by atoms with Crippen LogP contribution < -0.4 is 4.74 Å². The minimum Gasteiger partial charge on any atom is -0.496 e. The van der Waals surface area contributed by atoms with Gasteiger partial charge in [0.1, 0.15) is 5.75 Å². The highest BCUT2D eigenvalue weighted by atomic mass is 16.5. The van der Waals surface area contributed by atoms with E-state index in [0.717, 1.165) is 22.4 Å². The van der Waals surface area contributed by atoms with Crippen LogP contribution in [0.2, 0.25) is 0 Å². The smallest absolute Gasteiger partial charge is 0.122 e. The molecule has 0 bridgehead atoms. The third kappa shape index (κ3) is 3.34. The highest BCUT2D eigenvalue weighted by Crippen LogP contribution is 2.28. The summed E-state index contributed by atoms with van der Waals surface area (Å²) in [5.74, 6) is 0.917. The van der Waals surface area contributed by atoms with Crippen LogP contribution in [0.25, 0.3) is 6.08 Å². The van der Waals surface area contributed by atoms with E-state index in [-0.39, 0.29) is 0 Å². The number of aliphatic hydroxyl groups is 1. The second-order valence-corrected chi connectivity index (χ2v) is 5.05. The molecule has 1 aromatic carbocycles. The summed E-state index contributed by atoms with van der Waals surface area (Å²) >= 11 is 0. The topological polar surface area (TPSA) is 29.5 Å². The Morgan fingerprint density at radius 2 is 1.76 bits per heavy atom. The summed E-state index contributed by atoms with van der Waals surface area (Å²) in [6.45, 7) is 9.72. The zero-order chi connectivity index (χ0) is 13.2. The summed E-state index contributed by atoms with van der Waals surface area (Å²) in [6.07, 6.45) is 3.80. The summed E-state index contributed by atoms with van der Waals surface area (Å²) in [5.41, 5.74) is 3.87. The van der Waals surface area contributed by atoms with Crippen molar-refractivity contribution >= 4 is 6.08 Å². The molecule has 0 saturated carbocycles. The largest absolute Gasteiger partial charge is 0.496 e. The van der Waals surface area contributed by atoms with E-state index < -0.39 is 5.60 Å². The van der Waals surface area contributed by atoms with Gasteiger partial charge in [-0.15, -0.1) is 0 Å². The SMILES string of the molecule is COc1cc(C)c(C=CC(C)(C)O)c(C)c1C. The van der Waals surface area contributed by atoms with Gasteiger partial charge in [-0.1, -0.05) is 12.2 Å². The molecule has 2 heteroatoms. The fourth-order valence-electron chi connectivity index (χ4n) is 1.82. The van der Waals surface area contributed by atoms with Gasteiger partial charge in [0.15, 0.2) is 0 Å². The van der Waals surface area contributed by atoms with Crippen LogP contribution in [0, 0.1) is 20.8 Å². The van der Waals surface area contributed by atoms with Crippen LogP contribution in [0.15, 0.2) is 12.1 Å². The van der Waals surface area contributed by atoms with Crippen LogP contribution in [-0.2, 0) is 0 Å². The highest BCUT2D eigenvalue weighted by molar-refractivity contribution is 5.63. The Hall–Kier alpha value is -1.28. The van der Waals surface area contributed by atoms with E-state index in [1.54, 1.807) is 21.0 Å². The van der Waals surface area contributed by atoms with Crippen LogP contribution in [-0.4, -0.2) is 17.8 Å². The second-order valence-electron chi connectivity index (χ2n) is 5.05. The second kappa shape index (κ2) is 4.92. The molecule has 0 aliphatic rings. The van der Waals surface area contributed by atoms with Crippen molar-refractivity contribution < 1.29 is 9.84 Å². The summed E-state index contributed by atoms with van der Waals surface area (Å²) in [7, 11) is 1.69. The van der Waals surface area contributed by atoms with Gasteiger partial charge < -0.3 is 9.84 Å². The predicted molar refractivity (Wildman–Crippen MR) is 72.5 cm³/mol. The Bertz CT molecular complexity index is 437. The molecular weight excluding hydrogens is 212 g/mol. The number of rotatable bonds is 3. The standard InChI is InChI=1S/C15H22O2/c1-10-9-14(17-6)12(3)11(2)13(10)7-8-15(4,5)16/h7-9,16H,1-6H3. The Morgan fingerprint density at radius 3 is 2.24 bits per heavy atom. The molecule has 0 atom stereocenters. The first-order valence-corrected chi connectivity index (χ1v) is 5.82. The lowest BCUT2D eigenvalue weighted by Crippen LogP contribution is -2.13. The van der Waals surface area contributed by atoms with Crippen molar-refractivity contribution in [2.75, 3.05) is 7.11 Å². The average Bonchev–Trinajstić information content (AvgIpc) is 2.21. The molecule has 1 N–H and O–H groups in total. The lowest BCUT2D eigenvalue weighted by Gasteiger charge is -2.15. The zero-order valence-corrected chi connectivity index (χ0v) is 11.6. The summed E-state index contributed by atoms with van der Waals surface area (Å²) < 4.78 is 5.33. The molecule has 94 valence electrons. The third-order valence-electron chi connectivity index (χ3n) is 2.99. The van der Waals surface area contributed by atoms with E-state index in [1.807, 2.05) is 18.2 Å². The molecular formula is C15H22O2. The van der Waals surface area contributed by atoms with E-state index in [4.69, 9.17) is 4.74 Å². The van der Waals surface area contributed by atoms with E-state index in [0.29, 0.717) is 0 Å². The Labute approximate surface area is 104 Å². The van der Waals surface area contributed by atoms with Gasteiger partial charge >= 0.3 is 0 Å². The van der Waals surface area contributed by atoms with Crippen LogP contribution >= 0.6 is 0 Å². The molecule has 0 spiro atoms. The van der Waals surface area contributed by atoms with Crippen molar-refractivity contribution in [3.63, 3.8) is 0 Å². The third-order valence-corrected chi connectivity index (χ3v) is 2.99. The van der Waals surface area contributed by atoms with E-state index in [2.05, 4.69) is 20.8 Å². The Balaban J connectivity index is 3.27. The summed E-state index contributed by atoms with van der Waals surface area (Å²) in [5, 5.41) is 9.72. The lowest BCUT2D eigenvalue weighted by atomic mass is 9.95. The summed E-state index contributed by atoms with van der Waals surface area (Å²) in [4.78, 5) is 0. The van der Waals surface area contributed by atoms with Crippen molar-refractivity contribution in [1.82, 2.24) is 0 Å². The zero-order valence-electron chi connectivity index (χ0n) is 11.6. The van der Waals surface area contributed by atoms with Gasteiger partial charge in [-0.3, -0.25) is 0 Å². The molecule has 0 fully saturated rings. The van der Waals surface area contributed by atoms with E-state index >= 15 is 0 Å². The molecule has 1 rings (SSSR count). The molecule has 0 aliphatic heterocycles. The maximum absolute atomic E-state index is 9.72. The molecule has 1 aromatic rings.